The van der Waals surface area contributed by atoms with Gasteiger partial charge in [-0.05, 0) is 37.5 Å². The van der Waals surface area contributed by atoms with E-state index in [9.17, 15) is 9.18 Å². The topological polar surface area (TPSA) is 26.3 Å². The molecule has 0 N–H and O–H groups in total. The van der Waals surface area contributed by atoms with Crippen LogP contribution in [0.4, 0.5) is 4.39 Å². The van der Waals surface area contributed by atoms with Crippen molar-refractivity contribution in [1.82, 2.24) is 0 Å². The average molecular weight is 250 g/mol. The predicted octanol–water partition coefficient (Wildman–Crippen LogP) is 3.59. The van der Waals surface area contributed by atoms with Gasteiger partial charge in [0.1, 0.15) is 5.82 Å². The third kappa shape index (κ3) is 2.40. The summed E-state index contributed by atoms with van der Waals surface area (Å²) in [6.45, 7) is 2.21. The fraction of sp³-hybridized carbons (Fsp3) is 0.533. The Kier molecular flexibility index (Phi) is 4.00. The summed E-state index contributed by atoms with van der Waals surface area (Å²) in [5.41, 5.74) is 0.337. The number of esters is 1. The molecule has 2 nitrogen and oxygen atoms in total. The molecule has 0 bridgehead atoms. The fourth-order valence-corrected chi connectivity index (χ4v) is 2.80. The summed E-state index contributed by atoms with van der Waals surface area (Å²) < 4.78 is 18.2. The van der Waals surface area contributed by atoms with Crippen LogP contribution in [-0.2, 0) is 14.9 Å². The molecule has 18 heavy (non-hydrogen) atoms. The number of rotatable bonds is 3. The van der Waals surface area contributed by atoms with Gasteiger partial charge in [0.2, 0.25) is 0 Å². The highest BCUT2D eigenvalue weighted by molar-refractivity contribution is 5.83. The molecule has 1 saturated carbocycles. The second kappa shape index (κ2) is 5.51. The highest BCUT2D eigenvalue weighted by Crippen LogP contribution is 2.40. The van der Waals surface area contributed by atoms with Gasteiger partial charge >= 0.3 is 5.97 Å². The number of benzene rings is 1. The highest BCUT2D eigenvalue weighted by atomic mass is 19.1. The first-order valence-electron chi connectivity index (χ1n) is 6.62. The molecule has 2 rings (SSSR count). The minimum Gasteiger partial charge on any atom is -0.465 e. The molecule has 0 aromatic heterocycles. The quantitative estimate of drug-likeness (QED) is 0.766. The third-order valence-corrected chi connectivity index (χ3v) is 3.77. The third-order valence-electron chi connectivity index (χ3n) is 3.77. The molecule has 0 spiro atoms. The summed E-state index contributed by atoms with van der Waals surface area (Å²) >= 11 is 0. The molecule has 0 saturated heterocycles. The van der Waals surface area contributed by atoms with Crippen LogP contribution in [0.2, 0.25) is 0 Å². The molecule has 0 aliphatic heterocycles. The van der Waals surface area contributed by atoms with E-state index >= 15 is 0 Å². The van der Waals surface area contributed by atoms with Crippen LogP contribution in [0.5, 0.6) is 0 Å². The Hall–Kier alpha value is -1.38. The van der Waals surface area contributed by atoms with Crippen molar-refractivity contribution < 1.29 is 13.9 Å². The van der Waals surface area contributed by atoms with Crippen molar-refractivity contribution in [2.45, 2.75) is 44.4 Å². The van der Waals surface area contributed by atoms with Gasteiger partial charge in [0.05, 0.1) is 12.0 Å². The molecule has 0 amide bonds. The summed E-state index contributed by atoms with van der Waals surface area (Å²) in [5.74, 6) is -0.426. The maximum Gasteiger partial charge on any atom is 0.316 e. The van der Waals surface area contributed by atoms with E-state index in [1.807, 2.05) is 6.92 Å². The Morgan fingerprint density at radius 2 is 1.83 bits per heavy atom. The van der Waals surface area contributed by atoms with Crippen LogP contribution in [0.25, 0.3) is 0 Å². The second-order valence-electron chi connectivity index (χ2n) is 4.87. The van der Waals surface area contributed by atoms with Crippen molar-refractivity contribution in [3.63, 3.8) is 0 Å². The van der Waals surface area contributed by atoms with Gasteiger partial charge in [0.25, 0.3) is 0 Å². The Morgan fingerprint density at radius 1 is 1.22 bits per heavy atom. The first kappa shape index (κ1) is 13.1. The molecule has 0 heterocycles. The maximum absolute atomic E-state index is 13.0. The van der Waals surface area contributed by atoms with Crippen LogP contribution in [-0.4, -0.2) is 12.6 Å². The number of hydrogen-bond donors (Lipinski definition) is 0. The van der Waals surface area contributed by atoms with E-state index in [4.69, 9.17) is 4.74 Å². The van der Waals surface area contributed by atoms with Crippen molar-refractivity contribution in [3.8, 4) is 0 Å². The largest absolute Gasteiger partial charge is 0.465 e. The van der Waals surface area contributed by atoms with Gasteiger partial charge in [-0.1, -0.05) is 31.4 Å². The van der Waals surface area contributed by atoms with Crippen LogP contribution >= 0.6 is 0 Å². The lowest BCUT2D eigenvalue weighted by Gasteiger charge is -2.35. The average Bonchev–Trinajstić information content (AvgIpc) is 2.40. The van der Waals surface area contributed by atoms with E-state index in [-0.39, 0.29) is 11.8 Å². The zero-order valence-corrected chi connectivity index (χ0v) is 10.7. The van der Waals surface area contributed by atoms with E-state index in [0.29, 0.717) is 6.61 Å². The minimum atomic E-state index is -0.554. The monoisotopic (exact) mass is 250 g/mol. The molecule has 0 radical (unpaired) electrons. The van der Waals surface area contributed by atoms with E-state index in [0.717, 1.165) is 37.7 Å². The van der Waals surface area contributed by atoms with Gasteiger partial charge < -0.3 is 4.74 Å². The molecular formula is C15H19FO2. The van der Waals surface area contributed by atoms with Crippen molar-refractivity contribution in [2.75, 3.05) is 6.61 Å². The molecule has 0 unspecified atom stereocenters. The van der Waals surface area contributed by atoms with Crippen LogP contribution < -0.4 is 0 Å². The molecular weight excluding hydrogens is 231 g/mol. The minimum absolute atomic E-state index is 0.156. The lowest BCUT2D eigenvalue weighted by atomic mass is 9.69. The standard InChI is InChI=1S/C15H19FO2/c1-2-18-14(17)15(10-4-3-5-11-15)12-6-8-13(16)9-7-12/h6-9H,2-5,10-11H2,1H3. The molecule has 0 atom stereocenters. The molecule has 98 valence electrons. The van der Waals surface area contributed by atoms with Crippen LogP contribution in [0, 0.1) is 5.82 Å². The zero-order valence-electron chi connectivity index (χ0n) is 10.7. The second-order valence-corrected chi connectivity index (χ2v) is 4.87. The SMILES string of the molecule is CCOC(=O)C1(c2ccc(F)cc2)CCCCC1. The summed E-state index contributed by atoms with van der Waals surface area (Å²) in [6, 6.07) is 6.28. The maximum atomic E-state index is 13.0. The summed E-state index contributed by atoms with van der Waals surface area (Å²) in [7, 11) is 0. The van der Waals surface area contributed by atoms with Crippen LogP contribution in [0.1, 0.15) is 44.6 Å². The number of hydrogen-bond acceptors (Lipinski definition) is 2. The van der Waals surface area contributed by atoms with Gasteiger partial charge in [-0.15, -0.1) is 0 Å². The van der Waals surface area contributed by atoms with E-state index in [1.165, 1.54) is 12.1 Å². The van der Waals surface area contributed by atoms with Crippen molar-refractivity contribution in [1.29, 1.82) is 0 Å². The fourth-order valence-electron chi connectivity index (χ4n) is 2.80. The molecule has 1 aromatic rings. The normalized spacial score (nSPS) is 18.3. The number of carbonyl (C=O) groups is 1. The van der Waals surface area contributed by atoms with Gasteiger partial charge in [0.15, 0.2) is 0 Å². The Balaban J connectivity index is 2.34. The molecule has 1 aromatic carbocycles. The molecule has 1 aliphatic rings. The summed E-state index contributed by atoms with van der Waals surface area (Å²) in [4.78, 5) is 12.3. The lowest BCUT2D eigenvalue weighted by Crippen LogP contribution is -2.39. The van der Waals surface area contributed by atoms with E-state index in [1.54, 1.807) is 12.1 Å². The Labute approximate surface area is 107 Å². The summed E-state index contributed by atoms with van der Waals surface area (Å²) in [5, 5.41) is 0. The molecule has 3 heteroatoms. The zero-order chi connectivity index (χ0) is 13.0. The van der Waals surface area contributed by atoms with Crippen molar-refractivity contribution >= 4 is 5.97 Å². The van der Waals surface area contributed by atoms with Gasteiger partial charge in [-0.2, -0.15) is 0 Å². The van der Waals surface area contributed by atoms with Crippen LogP contribution in [0.3, 0.4) is 0 Å². The first-order valence-corrected chi connectivity index (χ1v) is 6.62. The van der Waals surface area contributed by atoms with Gasteiger partial charge in [-0.3, -0.25) is 4.79 Å². The van der Waals surface area contributed by atoms with Crippen molar-refractivity contribution in [2.24, 2.45) is 0 Å². The number of halogens is 1. The predicted molar refractivity (Wildman–Crippen MR) is 67.8 cm³/mol. The van der Waals surface area contributed by atoms with E-state index in [2.05, 4.69) is 0 Å². The molecule has 1 aliphatic carbocycles. The number of ether oxygens (including phenoxy) is 1. The highest BCUT2D eigenvalue weighted by Gasteiger charge is 2.42. The lowest BCUT2D eigenvalue weighted by molar-refractivity contribution is -0.151. The smallest absolute Gasteiger partial charge is 0.316 e. The Bertz CT molecular complexity index is 405. The molecule has 1 fully saturated rings. The number of carbonyl (C=O) groups excluding carboxylic acids is 1. The Morgan fingerprint density at radius 3 is 2.39 bits per heavy atom. The van der Waals surface area contributed by atoms with Gasteiger partial charge in [0, 0.05) is 0 Å². The first-order chi connectivity index (χ1) is 8.69. The van der Waals surface area contributed by atoms with Gasteiger partial charge in [-0.25, -0.2) is 4.39 Å². The van der Waals surface area contributed by atoms with E-state index < -0.39 is 5.41 Å². The summed E-state index contributed by atoms with van der Waals surface area (Å²) in [6.07, 6.45) is 4.81. The van der Waals surface area contributed by atoms with Crippen LogP contribution in [0.15, 0.2) is 24.3 Å². The van der Waals surface area contributed by atoms with Crippen molar-refractivity contribution in [3.05, 3.63) is 35.6 Å².